The molecule has 2 aromatic carbocycles. The highest BCUT2D eigenvalue weighted by molar-refractivity contribution is 7.18. The molecule has 1 saturated heterocycles. The standard InChI is InChI=1S/C26H21ClN4O6S/c27-21-7-6-20(38-21)24(33)28-17-3-1-2-16-23(17)26(35)31(25(16)34)13-22(32)30-10-8-29(9-11-30)15-4-5-18-19(12-15)37-14-36-18/h1-7,12H,8-11,13-14H2,(H,28,33). The quantitative estimate of drug-likeness (QED) is 0.484. The summed E-state index contributed by atoms with van der Waals surface area (Å²) in [5, 5.41) is 2.69. The van der Waals surface area contributed by atoms with Crippen molar-refractivity contribution >= 4 is 57.9 Å². The molecule has 194 valence electrons. The normalized spacial score (nSPS) is 16.2. The van der Waals surface area contributed by atoms with E-state index in [1.165, 1.54) is 6.07 Å². The molecule has 4 amide bonds. The average molecular weight is 553 g/mol. The fourth-order valence-electron chi connectivity index (χ4n) is 4.73. The van der Waals surface area contributed by atoms with E-state index in [4.69, 9.17) is 21.1 Å². The summed E-state index contributed by atoms with van der Waals surface area (Å²) in [6, 6.07) is 13.6. The summed E-state index contributed by atoms with van der Waals surface area (Å²) < 4.78 is 11.3. The van der Waals surface area contributed by atoms with E-state index >= 15 is 0 Å². The van der Waals surface area contributed by atoms with Gasteiger partial charge in [0.1, 0.15) is 6.54 Å². The van der Waals surface area contributed by atoms with Crippen LogP contribution in [0.4, 0.5) is 11.4 Å². The van der Waals surface area contributed by atoms with E-state index in [1.54, 1.807) is 29.2 Å². The number of amides is 4. The number of hydrogen-bond acceptors (Lipinski definition) is 8. The molecule has 0 bridgehead atoms. The van der Waals surface area contributed by atoms with Crippen molar-refractivity contribution in [3.8, 4) is 11.5 Å². The molecule has 1 fully saturated rings. The Balaban J connectivity index is 1.11. The number of carbonyl (C=O) groups excluding carboxylic acids is 4. The number of fused-ring (bicyclic) bond motifs is 2. The number of carbonyl (C=O) groups is 4. The molecule has 1 aromatic heterocycles. The number of halogens is 1. The third kappa shape index (κ3) is 4.33. The van der Waals surface area contributed by atoms with Crippen LogP contribution in [0.3, 0.4) is 0 Å². The van der Waals surface area contributed by atoms with Gasteiger partial charge in [-0.25, -0.2) is 0 Å². The number of anilines is 2. The van der Waals surface area contributed by atoms with E-state index in [0.29, 0.717) is 46.9 Å². The Bertz CT molecular complexity index is 1480. The Hall–Kier alpha value is -4.09. The molecule has 3 aromatic rings. The molecule has 3 aliphatic rings. The number of ether oxygens (including phenoxy) is 2. The van der Waals surface area contributed by atoms with Crippen molar-refractivity contribution in [1.82, 2.24) is 9.80 Å². The average Bonchev–Trinajstić information content (AvgIpc) is 3.64. The number of nitrogens with one attached hydrogen (secondary N) is 1. The van der Waals surface area contributed by atoms with Crippen molar-refractivity contribution in [2.45, 2.75) is 0 Å². The zero-order chi connectivity index (χ0) is 26.4. The van der Waals surface area contributed by atoms with Gasteiger partial charge in [-0.2, -0.15) is 0 Å². The van der Waals surface area contributed by atoms with Crippen molar-refractivity contribution < 1.29 is 28.7 Å². The van der Waals surface area contributed by atoms with Crippen molar-refractivity contribution in [3.05, 3.63) is 68.9 Å². The van der Waals surface area contributed by atoms with Gasteiger partial charge < -0.3 is 24.6 Å². The summed E-state index contributed by atoms with van der Waals surface area (Å²) in [5.74, 6) is -0.525. The molecule has 0 unspecified atom stereocenters. The van der Waals surface area contributed by atoms with Crippen molar-refractivity contribution in [1.29, 1.82) is 0 Å². The van der Waals surface area contributed by atoms with E-state index < -0.39 is 17.7 Å². The second kappa shape index (κ2) is 9.66. The van der Waals surface area contributed by atoms with Crippen LogP contribution in [-0.4, -0.2) is 72.9 Å². The number of rotatable bonds is 5. The molecule has 4 heterocycles. The van der Waals surface area contributed by atoms with Crippen LogP contribution in [0.2, 0.25) is 4.34 Å². The largest absolute Gasteiger partial charge is 0.454 e. The summed E-state index contributed by atoms with van der Waals surface area (Å²) in [6.45, 7) is 1.91. The third-order valence-corrected chi connectivity index (χ3v) is 7.92. The molecular formula is C26H21ClN4O6S. The predicted molar refractivity (Wildman–Crippen MR) is 140 cm³/mol. The Morgan fingerprint density at radius 1 is 0.947 bits per heavy atom. The van der Waals surface area contributed by atoms with Gasteiger partial charge in [-0.3, -0.25) is 24.1 Å². The number of thiophene rings is 1. The Morgan fingerprint density at radius 2 is 1.74 bits per heavy atom. The van der Waals surface area contributed by atoms with Gasteiger partial charge in [-0.1, -0.05) is 17.7 Å². The van der Waals surface area contributed by atoms with Crippen LogP contribution >= 0.6 is 22.9 Å². The van der Waals surface area contributed by atoms with Crippen molar-refractivity contribution in [2.75, 3.05) is 49.7 Å². The Kier molecular flexibility index (Phi) is 6.16. The topological polar surface area (TPSA) is 108 Å². The minimum Gasteiger partial charge on any atom is -0.454 e. The Morgan fingerprint density at radius 3 is 2.50 bits per heavy atom. The van der Waals surface area contributed by atoms with Crippen molar-refractivity contribution in [2.24, 2.45) is 0 Å². The molecule has 3 aliphatic heterocycles. The van der Waals surface area contributed by atoms with Crippen LogP contribution in [0.1, 0.15) is 30.4 Å². The van der Waals surface area contributed by atoms with E-state index in [1.807, 2.05) is 18.2 Å². The number of hydrogen-bond donors (Lipinski definition) is 1. The number of benzene rings is 2. The first-order chi connectivity index (χ1) is 18.4. The van der Waals surface area contributed by atoms with E-state index in [2.05, 4.69) is 10.2 Å². The second-order valence-electron chi connectivity index (χ2n) is 8.89. The molecule has 0 radical (unpaired) electrons. The lowest BCUT2D eigenvalue weighted by Crippen LogP contribution is -2.51. The molecule has 0 saturated carbocycles. The summed E-state index contributed by atoms with van der Waals surface area (Å²) in [5.41, 5.74) is 1.41. The van der Waals surface area contributed by atoms with Gasteiger partial charge in [0.15, 0.2) is 11.5 Å². The molecule has 38 heavy (non-hydrogen) atoms. The van der Waals surface area contributed by atoms with E-state index in [9.17, 15) is 19.2 Å². The molecule has 6 rings (SSSR count). The van der Waals surface area contributed by atoms with Gasteiger partial charge in [-0.15, -0.1) is 11.3 Å². The lowest BCUT2D eigenvalue weighted by Gasteiger charge is -2.36. The molecule has 1 N–H and O–H groups in total. The molecule has 0 aliphatic carbocycles. The third-order valence-electron chi connectivity index (χ3n) is 6.69. The lowest BCUT2D eigenvalue weighted by molar-refractivity contribution is -0.131. The fraction of sp³-hybridized carbons (Fsp3) is 0.231. The number of nitrogens with zero attached hydrogens (tertiary/aromatic N) is 3. The van der Waals surface area contributed by atoms with Crippen LogP contribution in [-0.2, 0) is 4.79 Å². The van der Waals surface area contributed by atoms with Gasteiger partial charge in [0.25, 0.3) is 17.7 Å². The lowest BCUT2D eigenvalue weighted by atomic mass is 10.1. The summed E-state index contributed by atoms with van der Waals surface area (Å²) >= 11 is 7.02. The van der Waals surface area contributed by atoms with Gasteiger partial charge in [0.2, 0.25) is 12.7 Å². The van der Waals surface area contributed by atoms with Crippen LogP contribution < -0.4 is 19.7 Å². The molecule has 12 heteroatoms. The zero-order valence-electron chi connectivity index (χ0n) is 19.9. The molecule has 10 nitrogen and oxygen atoms in total. The van der Waals surface area contributed by atoms with Gasteiger partial charge in [0.05, 0.1) is 26.0 Å². The number of imide groups is 1. The highest BCUT2D eigenvalue weighted by atomic mass is 35.5. The zero-order valence-corrected chi connectivity index (χ0v) is 21.5. The molecular weight excluding hydrogens is 532 g/mol. The fourth-order valence-corrected chi connectivity index (χ4v) is 5.67. The van der Waals surface area contributed by atoms with Gasteiger partial charge >= 0.3 is 0 Å². The summed E-state index contributed by atoms with van der Waals surface area (Å²) in [7, 11) is 0. The van der Waals surface area contributed by atoms with Crippen LogP contribution in [0.5, 0.6) is 11.5 Å². The van der Waals surface area contributed by atoms with Gasteiger partial charge in [0, 0.05) is 37.9 Å². The number of piperazine rings is 1. The maximum atomic E-state index is 13.2. The summed E-state index contributed by atoms with van der Waals surface area (Å²) in [4.78, 5) is 57.1. The molecule has 0 atom stereocenters. The maximum absolute atomic E-state index is 13.2. The first kappa shape index (κ1) is 24.3. The van der Waals surface area contributed by atoms with Crippen LogP contribution in [0, 0.1) is 0 Å². The first-order valence-electron chi connectivity index (χ1n) is 11.9. The van der Waals surface area contributed by atoms with E-state index in [-0.39, 0.29) is 36.1 Å². The SMILES string of the molecule is O=C(Nc1cccc2c1C(=O)N(CC(=O)N1CCN(c3ccc4c(c3)OCO4)CC1)C2=O)c1ccc(Cl)s1. The van der Waals surface area contributed by atoms with Crippen molar-refractivity contribution in [3.63, 3.8) is 0 Å². The molecule has 0 spiro atoms. The second-order valence-corrected chi connectivity index (χ2v) is 10.6. The summed E-state index contributed by atoms with van der Waals surface area (Å²) in [6.07, 6.45) is 0. The minimum atomic E-state index is -0.613. The smallest absolute Gasteiger partial charge is 0.265 e. The van der Waals surface area contributed by atoms with Crippen LogP contribution in [0.15, 0.2) is 48.5 Å². The van der Waals surface area contributed by atoms with Crippen LogP contribution in [0.25, 0.3) is 0 Å². The highest BCUT2D eigenvalue weighted by Crippen LogP contribution is 2.36. The van der Waals surface area contributed by atoms with E-state index in [0.717, 1.165) is 21.9 Å². The minimum absolute atomic E-state index is 0.0777. The monoisotopic (exact) mass is 552 g/mol. The predicted octanol–water partition coefficient (Wildman–Crippen LogP) is 3.33. The van der Waals surface area contributed by atoms with Gasteiger partial charge in [-0.05, 0) is 36.4 Å². The Labute approximate surface area is 226 Å². The first-order valence-corrected chi connectivity index (χ1v) is 13.1. The highest BCUT2D eigenvalue weighted by Gasteiger charge is 2.39. The maximum Gasteiger partial charge on any atom is 0.265 e.